The molecule has 2 aromatic rings. The van der Waals surface area contributed by atoms with Crippen LogP contribution in [0.5, 0.6) is 5.75 Å². The van der Waals surface area contributed by atoms with E-state index >= 15 is 0 Å². The average Bonchev–Trinajstić information content (AvgIpc) is 3.73. The number of nitrogens with zero attached hydrogens (tertiary/aromatic N) is 3. The maximum Gasteiger partial charge on any atom is 0.270 e. The molecule has 0 bridgehead atoms. The Labute approximate surface area is 207 Å². The number of anilines is 1. The number of carbonyl (C=O) groups is 1. The molecule has 2 saturated carbocycles. The van der Waals surface area contributed by atoms with E-state index < -0.39 is 23.7 Å². The molecule has 1 aromatic carbocycles. The van der Waals surface area contributed by atoms with Crippen LogP contribution in [0.4, 0.5) is 19.1 Å². The van der Waals surface area contributed by atoms with Crippen LogP contribution >= 0.6 is 11.6 Å². The minimum atomic E-state index is -2.84. The van der Waals surface area contributed by atoms with Crippen molar-refractivity contribution >= 4 is 23.5 Å². The van der Waals surface area contributed by atoms with E-state index in [1.807, 2.05) is 0 Å². The van der Waals surface area contributed by atoms with Gasteiger partial charge in [-0.15, -0.1) is 0 Å². The molecule has 0 radical (unpaired) electrons. The number of alkyl halides is 2. The molecule has 1 saturated heterocycles. The third-order valence-electron chi connectivity index (χ3n) is 7.31. The van der Waals surface area contributed by atoms with Gasteiger partial charge < -0.3 is 15.0 Å². The van der Waals surface area contributed by atoms with E-state index in [9.17, 15) is 18.0 Å². The van der Waals surface area contributed by atoms with E-state index in [1.54, 1.807) is 18.5 Å². The van der Waals surface area contributed by atoms with Crippen molar-refractivity contribution in [2.45, 2.75) is 50.5 Å². The molecule has 3 aliphatic rings. The molecule has 10 heteroatoms. The van der Waals surface area contributed by atoms with Gasteiger partial charge in [0.1, 0.15) is 11.6 Å². The van der Waals surface area contributed by atoms with Gasteiger partial charge in [0, 0.05) is 25.6 Å². The molecule has 1 N–H and O–H groups in total. The highest BCUT2D eigenvalue weighted by Crippen LogP contribution is 2.50. The molecule has 1 aliphatic heterocycles. The summed E-state index contributed by atoms with van der Waals surface area (Å²) in [4.78, 5) is 22.7. The van der Waals surface area contributed by atoms with E-state index in [0.717, 1.165) is 38.3 Å². The van der Waals surface area contributed by atoms with Crippen LogP contribution in [-0.2, 0) is 11.2 Å². The molecule has 2 heterocycles. The van der Waals surface area contributed by atoms with Crippen LogP contribution in [-0.4, -0.2) is 47.5 Å². The third kappa shape index (κ3) is 6.00. The number of nitrogens with one attached hydrogen (secondary N) is 1. The monoisotopic (exact) mass is 508 g/mol. The zero-order chi connectivity index (χ0) is 24.6. The lowest BCUT2D eigenvalue weighted by atomic mass is 9.90. The van der Waals surface area contributed by atoms with Gasteiger partial charge in [-0.25, -0.2) is 23.1 Å². The van der Waals surface area contributed by atoms with Gasteiger partial charge in [0.25, 0.3) is 5.92 Å². The summed E-state index contributed by atoms with van der Waals surface area (Å²) in [5.41, 5.74) is 0.163. The Hall–Kier alpha value is -2.55. The molecule has 0 spiro atoms. The zero-order valence-electron chi connectivity index (χ0n) is 19.2. The fourth-order valence-electron chi connectivity index (χ4n) is 5.05. The highest BCUT2D eigenvalue weighted by Gasteiger charge is 2.57. The van der Waals surface area contributed by atoms with Gasteiger partial charge in [0.2, 0.25) is 11.9 Å². The van der Waals surface area contributed by atoms with E-state index in [0.29, 0.717) is 35.1 Å². The van der Waals surface area contributed by atoms with Gasteiger partial charge in [0.05, 0.1) is 36.5 Å². The maximum absolute atomic E-state index is 14.4. The fourth-order valence-corrected chi connectivity index (χ4v) is 5.15. The number of piperidine rings is 1. The molecule has 3 atom stereocenters. The molecule has 2 aliphatic carbocycles. The summed E-state index contributed by atoms with van der Waals surface area (Å²) in [5, 5.41) is 2.77. The van der Waals surface area contributed by atoms with Crippen LogP contribution in [0.15, 0.2) is 30.6 Å². The van der Waals surface area contributed by atoms with Crippen molar-refractivity contribution in [3.8, 4) is 5.75 Å². The minimum absolute atomic E-state index is 0.163. The number of amides is 1. The van der Waals surface area contributed by atoms with Gasteiger partial charge >= 0.3 is 0 Å². The van der Waals surface area contributed by atoms with Crippen molar-refractivity contribution < 1.29 is 22.7 Å². The molecule has 188 valence electrons. The van der Waals surface area contributed by atoms with Crippen LogP contribution in [0.3, 0.4) is 0 Å². The summed E-state index contributed by atoms with van der Waals surface area (Å²) >= 11 is 5.87. The normalized spacial score (nSPS) is 25.3. The second kappa shape index (κ2) is 9.84. The fraction of sp³-hybridized carbons (Fsp3) is 0.560. The number of hydrogen-bond donors (Lipinski definition) is 1. The smallest absolute Gasteiger partial charge is 0.270 e. The van der Waals surface area contributed by atoms with Crippen molar-refractivity contribution in [3.63, 3.8) is 0 Å². The average molecular weight is 509 g/mol. The summed E-state index contributed by atoms with van der Waals surface area (Å²) in [6.45, 7) is 2.40. The van der Waals surface area contributed by atoms with Crippen LogP contribution < -0.4 is 15.0 Å². The van der Waals surface area contributed by atoms with Crippen molar-refractivity contribution in [2.24, 2.45) is 17.8 Å². The SMILES string of the molecule is O=C(Cc1ccc(OCC[C@@H]2C[C@@H]2C2CCN(c3ncc(Cl)cn3)CC2)cc1F)NC1CC1(F)F. The molecule has 5 rings (SSSR count). The van der Waals surface area contributed by atoms with Gasteiger partial charge in [-0.3, -0.25) is 4.79 Å². The van der Waals surface area contributed by atoms with Crippen molar-refractivity contribution in [1.82, 2.24) is 15.3 Å². The second-order valence-corrected chi connectivity index (χ2v) is 10.3. The number of benzene rings is 1. The predicted molar refractivity (Wildman–Crippen MR) is 125 cm³/mol. The van der Waals surface area contributed by atoms with E-state index in [1.165, 1.54) is 18.6 Å². The summed E-state index contributed by atoms with van der Waals surface area (Å²) in [6.07, 6.45) is 6.99. The Morgan fingerprint density at radius 2 is 1.94 bits per heavy atom. The van der Waals surface area contributed by atoms with E-state index in [4.69, 9.17) is 16.3 Å². The van der Waals surface area contributed by atoms with Crippen LogP contribution in [0.2, 0.25) is 5.02 Å². The lowest BCUT2D eigenvalue weighted by molar-refractivity contribution is -0.121. The highest BCUT2D eigenvalue weighted by atomic mass is 35.5. The minimum Gasteiger partial charge on any atom is -0.493 e. The van der Waals surface area contributed by atoms with Crippen LogP contribution in [0, 0.1) is 23.6 Å². The first-order valence-electron chi connectivity index (χ1n) is 12.1. The van der Waals surface area contributed by atoms with Gasteiger partial charge in [-0.05, 0) is 55.1 Å². The lowest BCUT2D eigenvalue weighted by Gasteiger charge is -2.32. The number of hydrogen-bond acceptors (Lipinski definition) is 5. The quantitative estimate of drug-likeness (QED) is 0.534. The van der Waals surface area contributed by atoms with Crippen molar-refractivity contribution in [3.05, 3.63) is 47.0 Å². The Kier molecular flexibility index (Phi) is 6.79. The summed E-state index contributed by atoms with van der Waals surface area (Å²) in [7, 11) is 0. The lowest BCUT2D eigenvalue weighted by Crippen LogP contribution is -2.35. The second-order valence-electron chi connectivity index (χ2n) is 9.84. The van der Waals surface area contributed by atoms with Crippen LogP contribution in [0.1, 0.15) is 37.7 Å². The summed E-state index contributed by atoms with van der Waals surface area (Å²) < 4.78 is 45.9. The standard InChI is InChI=1S/C25H28ClF3N4O2/c26-18-13-30-24(31-14-18)33-6-3-15(4-7-33)20-9-16(20)5-8-35-19-2-1-17(21(27)11-19)10-23(34)32-22-12-25(22,28)29/h1-2,11,13-16,20,22H,3-10,12H2,(H,32,34)/t16-,20-,22?/m1/s1. The number of ether oxygens (including phenoxy) is 1. The van der Waals surface area contributed by atoms with Gasteiger partial charge in [-0.1, -0.05) is 17.7 Å². The Balaban J connectivity index is 1.01. The van der Waals surface area contributed by atoms with E-state index in [-0.39, 0.29) is 18.4 Å². The number of halogens is 4. The molecular formula is C25H28ClF3N4O2. The van der Waals surface area contributed by atoms with Crippen molar-refractivity contribution in [2.75, 3.05) is 24.6 Å². The Morgan fingerprint density at radius 1 is 1.23 bits per heavy atom. The molecule has 3 fully saturated rings. The number of aromatic nitrogens is 2. The summed E-state index contributed by atoms with van der Waals surface area (Å²) in [5.74, 6) is -0.828. The van der Waals surface area contributed by atoms with Gasteiger partial charge in [-0.2, -0.15) is 0 Å². The topological polar surface area (TPSA) is 67.3 Å². The van der Waals surface area contributed by atoms with Crippen molar-refractivity contribution in [1.29, 1.82) is 0 Å². The highest BCUT2D eigenvalue weighted by molar-refractivity contribution is 6.30. The first-order valence-corrected chi connectivity index (χ1v) is 12.5. The zero-order valence-corrected chi connectivity index (χ0v) is 20.0. The first-order chi connectivity index (χ1) is 16.8. The van der Waals surface area contributed by atoms with Crippen LogP contribution in [0.25, 0.3) is 0 Å². The van der Waals surface area contributed by atoms with Gasteiger partial charge in [0.15, 0.2) is 0 Å². The molecule has 1 unspecified atom stereocenters. The molecular weight excluding hydrogens is 481 g/mol. The summed E-state index contributed by atoms with van der Waals surface area (Å²) in [6, 6.07) is 3.23. The number of carbonyl (C=O) groups excluding carboxylic acids is 1. The Bertz CT molecular complexity index is 1060. The predicted octanol–water partition coefficient (Wildman–Crippen LogP) is 4.66. The largest absolute Gasteiger partial charge is 0.493 e. The molecule has 6 nitrogen and oxygen atoms in total. The number of rotatable bonds is 9. The molecule has 1 aromatic heterocycles. The molecule has 1 amide bonds. The molecule has 35 heavy (non-hydrogen) atoms. The first kappa shape index (κ1) is 24.2. The third-order valence-corrected chi connectivity index (χ3v) is 7.50. The Morgan fingerprint density at radius 3 is 2.60 bits per heavy atom. The van der Waals surface area contributed by atoms with E-state index in [2.05, 4.69) is 20.2 Å². The maximum atomic E-state index is 14.4.